The van der Waals surface area contributed by atoms with E-state index in [4.69, 9.17) is 0 Å². The monoisotopic (exact) mass is 550 g/mol. The third kappa shape index (κ3) is 4.54. The van der Waals surface area contributed by atoms with Crippen LogP contribution in [0.15, 0.2) is 42.7 Å². The molecule has 4 heterocycles. The minimum Gasteiger partial charge on any atom is -0.372 e. The van der Waals surface area contributed by atoms with Gasteiger partial charge >= 0.3 is 6.18 Å². The largest absolute Gasteiger partial charge is 0.403 e. The second kappa shape index (κ2) is 9.40. The molecule has 208 valence electrons. The molecule has 1 saturated carbocycles. The van der Waals surface area contributed by atoms with Gasteiger partial charge in [-0.05, 0) is 54.7 Å². The molecular formula is C28H29F3N8O. The second-order valence-electron chi connectivity index (χ2n) is 11.3. The van der Waals surface area contributed by atoms with Crippen molar-refractivity contribution in [3.05, 3.63) is 65.1 Å². The molecule has 0 bridgehead atoms. The van der Waals surface area contributed by atoms with Crippen molar-refractivity contribution in [2.45, 2.75) is 62.9 Å². The molecule has 2 aromatic heterocycles. The zero-order valence-corrected chi connectivity index (χ0v) is 22.1. The average Bonchev–Trinajstić information content (AvgIpc) is 3.13. The van der Waals surface area contributed by atoms with Crippen molar-refractivity contribution < 1.29 is 18.3 Å². The zero-order chi connectivity index (χ0) is 28.3. The van der Waals surface area contributed by atoms with Gasteiger partial charge < -0.3 is 15.7 Å². The van der Waals surface area contributed by atoms with E-state index in [0.717, 1.165) is 35.8 Å². The van der Waals surface area contributed by atoms with Gasteiger partial charge in [-0.1, -0.05) is 19.9 Å². The van der Waals surface area contributed by atoms with Gasteiger partial charge in [-0.3, -0.25) is 9.99 Å². The fraction of sp³-hybridized carbons (Fsp3) is 0.429. The van der Waals surface area contributed by atoms with Crippen molar-refractivity contribution in [2.24, 2.45) is 0 Å². The highest BCUT2D eigenvalue weighted by Gasteiger charge is 2.46. The predicted octanol–water partition coefficient (Wildman–Crippen LogP) is 4.86. The quantitative estimate of drug-likeness (QED) is 0.410. The zero-order valence-electron chi connectivity index (χ0n) is 22.1. The van der Waals surface area contributed by atoms with Crippen LogP contribution >= 0.6 is 0 Å². The molecule has 1 atom stereocenters. The molecule has 40 heavy (non-hydrogen) atoms. The van der Waals surface area contributed by atoms with Crippen molar-refractivity contribution in [1.82, 2.24) is 25.3 Å². The SMILES string of the molecule is CC1(C)CNCc2cc(Nc3ncc4c(n3)N(c3ccnc(C5(C#N)CCC5)c3)N(CC(F)(F)F)C4O)ccc21. The third-order valence-electron chi connectivity index (χ3n) is 8.03. The number of halogens is 3. The van der Waals surface area contributed by atoms with Crippen LogP contribution in [-0.2, 0) is 17.4 Å². The lowest BCUT2D eigenvalue weighted by Crippen LogP contribution is -2.43. The molecule has 0 radical (unpaired) electrons. The summed E-state index contributed by atoms with van der Waals surface area (Å²) in [6.07, 6.45) is -1.26. The van der Waals surface area contributed by atoms with Crippen molar-refractivity contribution in [1.29, 1.82) is 5.26 Å². The first-order chi connectivity index (χ1) is 19.0. The van der Waals surface area contributed by atoms with E-state index in [1.165, 1.54) is 23.0 Å². The van der Waals surface area contributed by atoms with Crippen LogP contribution in [0.4, 0.5) is 36.3 Å². The van der Waals surface area contributed by atoms with Crippen molar-refractivity contribution >= 4 is 23.1 Å². The number of hydrogen-bond donors (Lipinski definition) is 3. The molecule has 3 N–H and O–H groups in total. The Bertz CT molecular complexity index is 1500. The van der Waals surface area contributed by atoms with Gasteiger partial charge in [0.05, 0.1) is 28.4 Å². The van der Waals surface area contributed by atoms with Gasteiger partial charge in [-0.2, -0.15) is 28.4 Å². The minimum atomic E-state index is -4.60. The number of anilines is 4. The van der Waals surface area contributed by atoms with Crippen LogP contribution in [0.3, 0.4) is 0 Å². The maximum absolute atomic E-state index is 13.7. The number of pyridine rings is 1. The molecule has 1 fully saturated rings. The summed E-state index contributed by atoms with van der Waals surface area (Å²) < 4.78 is 41.0. The summed E-state index contributed by atoms with van der Waals surface area (Å²) in [6.45, 7) is 4.53. The summed E-state index contributed by atoms with van der Waals surface area (Å²) in [4.78, 5) is 13.2. The number of benzene rings is 1. The van der Waals surface area contributed by atoms with Crippen LogP contribution in [0.2, 0.25) is 0 Å². The van der Waals surface area contributed by atoms with E-state index in [1.807, 2.05) is 12.1 Å². The van der Waals surface area contributed by atoms with Gasteiger partial charge in [-0.25, -0.2) is 4.98 Å². The van der Waals surface area contributed by atoms with Crippen molar-refractivity contribution in [2.75, 3.05) is 23.4 Å². The van der Waals surface area contributed by atoms with E-state index in [0.29, 0.717) is 24.2 Å². The van der Waals surface area contributed by atoms with E-state index in [2.05, 4.69) is 51.6 Å². The number of alkyl halides is 3. The number of fused-ring (bicyclic) bond motifs is 2. The summed E-state index contributed by atoms with van der Waals surface area (Å²) in [5.41, 5.74) is 3.31. The third-order valence-corrected chi connectivity index (χ3v) is 8.03. The maximum Gasteiger partial charge on any atom is 0.403 e. The number of nitrogens with one attached hydrogen (secondary N) is 2. The Morgan fingerprint density at radius 3 is 2.70 bits per heavy atom. The first kappa shape index (κ1) is 26.4. The number of nitrogens with zero attached hydrogens (tertiary/aromatic N) is 6. The molecule has 2 aliphatic heterocycles. The number of hydrazine groups is 1. The number of aromatic nitrogens is 3. The van der Waals surface area contributed by atoms with Gasteiger partial charge in [0.1, 0.15) is 6.54 Å². The molecule has 0 saturated heterocycles. The fourth-order valence-corrected chi connectivity index (χ4v) is 5.78. The highest BCUT2D eigenvalue weighted by Crippen LogP contribution is 2.46. The Balaban J connectivity index is 1.38. The molecule has 1 unspecified atom stereocenters. The minimum absolute atomic E-state index is 0.0121. The number of aliphatic hydroxyl groups excluding tert-OH is 1. The summed E-state index contributed by atoms with van der Waals surface area (Å²) in [5.74, 6) is 0.293. The Hall–Kier alpha value is -3.79. The van der Waals surface area contributed by atoms with Crippen molar-refractivity contribution in [3.63, 3.8) is 0 Å². The highest BCUT2D eigenvalue weighted by molar-refractivity contribution is 5.68. The smallest absolute Gasteiger partial charge is 0.372 e. The van der Waals surface area contributed by atoms with Gasteiger partial charge in [-0.15, -0.1) is 0 Å². The molecule has 3 aliphatic rings. The second-order valence-corrected chi connectivity index (χ2v) is 11.3. The predicted molar refractivity (Wildman–Crippen MR) is 142 cm³/mol. The first-order valence-electron chi connectivity index (χ1n) is 13.2. The summed E-state index contributed by atoms with van der Waals surface area (Å²) in [7, 11) is 0. The lowest BCUT2D eigenvalue weighted by atomic mass is 9.67. The average molecular weight is 551 g/mol. The Labute approximate surface area is 229 Å². The Kier molecular flexibility index (Phi) is 6.21. The molecule has 9 nitrogen and oxygen atoms in total. The van der Waals surface area contributed by atoms with Gasteiger partial charge in [0.25, 0.3) is 0 Å². The number of rotatable bonds is 5. The summed E-state index contributed by atoms with van der Waals surface area (Å²) in [6, 6.07) is 11.5. The lowest BCUT2D eigenvalue weighted by Gasteiger charge is -2.36. The molecular weight excluding hydrogens is 521 g/mol. The molecule has 1 aliphatic carbocycles. The summed E-state index contributed by atoms with van der Waals surface area (Å²) >= 11 is 0. The first-order valence-corrected chi connectivity index (χ1v) is 13.2. The maximum atomic E-state index is 13.7. The fourth-order valence-electron chi connectivity index (χ4n) is 5.78. The van der Waals surface area contributed by atoms with Crippen LogP contribution in [-0.4, -0.2) is 44.3 Å². The normalized spacial score (nSPS) is 21.2. The van der Waals surface area contributed by atoms with Crippen LogP contribution in [0.25, 0.3) is 0 Å². The Morgan fingerprint density at radius 2 is 2.00 bits per heavy atom. The lowest BCUT2D eigenvalue weighted by molar-refractivity contribution is -0.164. The number of hydrogen-bond acceptors (Lipinski definition) is 9. The van der Waals surface area contributed by atoms with Gasteiger partial charge in [0.15, 0.2) is 12.0 Å². The molecule has 3 aromatic rings. The van der Waals surface area contributed by atoms with E-state index in [-0.39, 0.29) is 22.7 Å². The van der Waals surface area contributed by atoms with E-state index >= 15 is 0 Å². The van der Waals surface area contributed by atoms with Crippen LogP contribution < -0.4 is 15.6 Å². The van der Waals surface area contributed by atoms with E-state index in [9.17, 15) is 23.5 Å². The molecule has 6 rings (SSSR count). The van der Waals surface area contributed by atoms with Crippen LogP contribution in [0, 0.1) is 11.3 Å². The van der Waals surface area contributed by atoms with Gasteiger partial charge in [0, 0.05) is 36.6 Å². The van der Waals surface area contributed by atoms with E-state index in [1.54, 1.807) is 12.1 Å². The van der Waals surface area contributed by atoms with Crippen LogP contribution in [0.1, 0.15) is 61.7 Å². The van der Waals surface area contributed by atoms with Gasteiger partial charge in [0.2, 0.25) is 5.95 Å². The van der Waals surface area contributed by atoms with E-state index < -0.39 is 24.4 Å². The molecule has 12 heteroatoms. The molecule has 0 amide bonds. The standard InChI is InChI=1S/C28H29F3N8O/c1-26(2)15-33-12-17-10-18(4-5-21(17)26)36-25-35-13-20-23(37-25)39(38(24(20)40)16-28(29,30)31)19-6-9-34-22(11-19)27(14-32)7-3-8-27/h4-6,9-11,13,24,33,40H,3,7-8,12,15-16H2,1-2H3,(H,35,36,37). The highest BCUT2D eigenvalue weighted by atomic mass is 19.4. The van der Waals surface area contributed by atoms with Crippen LogP contribution in [0.5, 0.6) is 0 Å². The summed E-state index contributed by atoms with van der Waals surface area (Å²) in [5, 5.41) is 29.4. The van der Waals surface area contributed by atoms with Crippen molar-refractivity contribution in [3.8, 4) is 6.07 Å². The topological polar surface area (TPSA) is 113 Å². The Morgan fingerprint density at radius 1 is 1.20 bits per heavy atom. The number of nitriles is 1. The number of aliphatic hydroxyl groups is 1. The molecule has 0 spiro atoms. The molecule has 1 aromatic carbocycles.